The molecule has 5 nitrogen and oxygen atoms in total. The lowest BCUT2D eigenvalue weighted by Gasteiger charge is -2.36. The third-order valence-electron chi connectivity index (χ3n) is 4.15. The van der Waals surface area contributed by atoms with Crippen molar-refractivity contribution >= 4 is 5.91 Å². The van der Waals surface area contributed by atoms with E-state index in [0.717, 1.165) is 58.3 Å². The first-order valence-electron chi connectivity index (χ1n) is 7.62. The first-order chi connectivity index (χ1) is 9.29. The third kappa shape index (κ3) is 4.75. The Morgan fingerprint density at radius 1 is 1.32 bits per heavy atom. The maximum absolute atomic E-state index is 11.6. The van der Waals surface area contributed by atoms with Crippen LogP contribution in [0.15, 0.2) is 0 Å². The Morgan fingerprint density at radius 2 is 2.11 bits per heavy atom. The Hall–Kier alpha value is -0.650. The predicted molar refractivity (Wildman–Crippen MR) is 74.9 cm³/mol. The number of nitrogens with zero attached hydrogens (tertiary/aromatic N) is 1. The summed E-state index contributed by atoms with van der Waals surface area (Å²) in [6.07, 6.45) is 6.41. The van der Waals surface area contributed by atoms with Gasteiger partial charge in [-0.15, -0.1) is 0 Å². The number of rotatable bonds is 5. The topological polar surface area (TPSA) is 67.6 Å². The second kappa shape index (κ2) is 7.82. The van der Waals surface area contributed by atoms with Crippen molar-refractivity contribution in [1.82, 2.24) is 10.2 Å². The Morgan fingerprint density at radius 3 is 2.84 bits per heavy atom. The molecule has 0 aromatic rings. The van der Waals surface area contributed by atoms with Crippen LogP contribution in [0.25, 0.3) is 0 Å². The molecule has 2 heterocycles. The van der Waals surface area contributed by atoms with E-state index in [9.17, 15) is 4.79 Å². The summed E-state index contributed by atoms with van der Waals surface area (Å²) in [6, 6.07) is 0.437. The number of hydrogen-bond donors (Lipinski definition) is 2. The third-order valence-corrected chi connectivity index (χ3v) is 4.15. The van der Waals surface area contributed by atoms with E-state index in [0.29, 0.717) is 25.1 Å². The van der Waals surface area contributed by atoms with Gasteiger partial charge in [0.25, 0.3) is 0 Å². The highest BCUT2D eigenvalue weighted by Crippen LogP contribution is 2.21. The summed E-state index contributed by atoms with van der Waals surface area (Å²) in [7, 11) is 0. The number of ether oxygens (including phenoxy) is 1. The summed E-state index contributed by atoms with van der Waals surface area (Å²) in [5, 5.41) is 2.95. The number of carbonyl (C=O) groups excluding carboxylic acids is 1. The molecule has 1 amide bonds. The lowest BCUT2D eigenvalue weighted by molar-refractivity contribution is -0.122. The minimum Gasteiger partial charge on any atom is -0.378 e. The minimum absolute atomic E-state index is 0.212. The highest BCUT2D eigenvalue weighted by molar-refractivity contribution is 5.76. The van der Waals surface area contributed by atoms with E-state index in [4.69, 9.17) is 10.5 Å². The number of nitrogens with one attached hydrogen (secondary N) is 1. The molecule has 3 N–H and O–H groups in total. The van der Waals surface area contributed by atoms with Crippen LogP contribution in [0.5, 0.6) is 0 Å². The number of amides is 1. The molecule has 0 aliphatic carbocycles. The summed E-state index contributed by atoms with van der Waals surface area (Å²) in [5.41, 5.74) is 5.47. The molecule has 0 radical (unpaired) electrons. The zero-order valence-electron chi connectivity index (χ0n) is 11.8. The molecule has 2 aliphatic heterocycles. The van der Waals surface area contributed by atoms with Crippen LogP contribution < -0.4 is 11.1 Å². The monoisotopic (exact) mass is 269 g/mol. The number of hydrogen-bond acceptors (Lipinski definition) is 4. The van der Waals surface area contributed by atoms with Crippen LogP contribution in [0.2, 0.25) is 0 Å². The molecule has 110 valence electrons. The molecule has 2 rings (SSSR count). The fraction of sp³-hybridized carbons (Fsp3) is 0.929. The van der Waals surface area contributed by atoms with Crippen molar-refractivity contribution in [3.8, 4) is 0 Å². The first-order valence-corrected chi connectivity index (χ1v) is 7.62. The van der Waals surface area contributed by atoms with Gasteiger partial charge in [0, 0.05) is 38.7 Å². The smallest absolute Gasteiger partial charge is 0.221 e. The number of nitrogens with two attached hydrogens (primary N) is 1. The van der Waals surface area contributed by atoms with Crippen LogP contribution in [0.4, 0.5) is 0 Å². The Balaban J connectivity index is 1.71. The Kier molecular flexibility index (Phi) is 6.07. The summed E-state index contributed by atoms with van der Waals surface area (Å²) in [4.78, 5) is 14.1. The van der Waals surface area contributed by atoms with Gasteiger partial charge >= 0.3 is 0 Å². The van der Waals surface area contributed by atoms with Gasteiger partial charge in [-0.25, -0.2) is 0 Å². The predicted octanol–water partition coefficient (Wildman–Crippen LogP) is 0.485. The minimum atomic E-state index is 0.212. The molecular formula is C14H27N3O2. The second-order valence-electron chi connectivity index (χ2n) is 5.60. The number of piperidine rings is 1. The van der Waals surface area contributed by atoms with Crippen molar-refractivity contribution in [2.24, 2.45) is 5.73 Å². The van der Waals surface area contributed by atoms with Crippen molar-refractivity contribution in [3.05, 3.63) is 0 Å². The van der Waals surface area contributed by atoms with Gasteiger partial charge in [0.05, 0.1) is 6.10 Å². The van der Waals surface area contributed by atoms with Gasteiger partial charge in [-0.05, 0) is 38.6 Å². The van der Waals surface area contributed by atoms with Gasteiger partial charge < -0.3 is 15.8 Å². The molecule has 0 aromatic carbocycles. The van der Waals surface area contributed by atoms with E-state index in [1.165, 1.54) is 0 Å². The molecule has 0 aromatic heterocycles. The lowest BCUT2D eigenvalue weighted by atomic mass is 10.0. The van der Waals surface area contributed by atoms with E-state index >= 15 is 0 Å². The van der Waals surface area contributed by atoms with Gasteiger partial charge in [0.1, 0.15) is 0 Å². The van der Waals surface area contributed by atoms with E-state index in [-0.39, 0.29) is 5.91 Å². The average Bonchev–Trinajstić information content (AvgIpc) is 2.65. The average molecular weight is 269 g/mol. The zero-order valence-corrected chi connectivity index (χ0v) is 11.8. The van der Waals surface area contributed by atoms with Gasteiger partial charge in [-0.1, -0.05) is 0 Å². The molecule has 1 unspecified atom stereocenters. The van der Waals surface area contributed by atoms with E-state index < -0.39 is 0 Å². The van der Waals surface area contributed by atoms with Gasteiger partial charge in [-0.3, -0.25) is 9.69 Å². The quantitative estimate of drug-likeness (QED) is 0.713. The molecule has 0 saturated carbocycles. The summed E-state index contributed by atoms with van der Waals surface area (Å²) >= 11 is 0. The molecular weight excluding hydrogens is 242 g/mol. The largest absolute Gasteiger partial charge is 0.378 e. The fourth-order valence-electron chi connectivity index (χ4n) is 3.01. The Bertz CT molecular complexity index is 278. The molecule has 0 bridgehead atoms. The number of carbonyl (C=O) groups is 1. The summed E-state index contributed by atoms with van der Waals surface area (Å²) < 4.78 is 5.82. The van der Waals surface area contributed by atoms with Gasteiger partial charge in [0.2, 0.25) is 5.91 Å². The Labute approximate surface area is 115 Å². The van der Waals surface area contributed by atoms with Crippen molar-refractivity contribution in [3.63, 3.8) is 0 Å². The number of likely N-dealkylation sites (tertiary alicyclic amines) is 1. The lowest BCUT2D eigenvalue weighted by Crippen LogP contribution is -2.44. The zero-order chi connectivity index (χ0) is 13.5. The molecule has 2 saturated heterocycles. The van der Waals surface area contributed by atoms with Crippen molar-refractivity contribution in [1.29, 1.82) is 0 Å². The fourth-order valence-corrected chi connectivity index (χ4v) is 3.01. The summed E-state index contributed by atoms with van der Waals surface area (Å²) in [5.74, 6) is 0.212. The molecule has 19 heavy (non-hydrogen) atoms. The van der Waals surface area contributed by atoms with Crippen LogP contribution >= 0.6 is 0 Å². The maximum Gasteiger partial charge on any atom is 0.221 e. The highest BCUT2D eigenvalue weighted by atomic mass is 16.5. The van der Waals surface area contributed by atoms with Gasteiger partial charge in [-0.2, -0.15) is 0 Å². The normalized spacial score (nSPS) is 27.0. The molecule has 5 heteroatoms. The maximum atomic E-state index is 11.6. The molecule has 1 atom stereocenters. The highest BCUT2D eigenvalue weighted by Gasteiger charge is 2.27. The molecule has 2 aliphatic rings. The van der Waals surface area contributed by atoms with E-state index in [1.807, 2.05) is 0 Å². The van der Waals surface area contributed by atoms with Crippen molar-refractivity contribution in [2.45, 2.75) is 50.7 Å². The van der Waals surface area contributed by atoms with Crippen LogP contribution in [-0.4, -0.2) is 55.7 Å². The van der Waals surface area contributed by atoms with E-state index in [1.54, 1.807) is 0 Å². The van der Waals surface area contributed by atoms with Crippen LogP contribution in [0.3, 0.4) is 0 Å². The SMILES string of the molecule is NCCCOC1CCN(C2CCCNC(=O)C2)CC1. The van der Waals surface area contributed by atoms with Crippen LogP contribution in [0.1, 0.15) is 38.5 Å². The van der Waals surface area contributed by atoms with Crippen LogP contribution in [0, 0.1) is 0 Å². The standard InChI is InChI=1S/C14H27N3O2/c15-6-2-10-19-13-4-8-17(9-5-13)12-3-1-7-16-14(18)11-12/h12-13H,1-11,15H2,(H,16,18). The van der Waals surface area contributed by atoms with E-state index in [2.05, 4.69) is 10.2 Å². The van der Waals surface area contributed by atoms with Crippen LogP contribution in [-0.2, 0) is 9.53 Å². The van der Waals surface area contributed by atoms with Crippen molar-refractivity contribution in [2.75, 3.05) is 32.8 Å². The van der Waals surface area contributed by atoms with Crippen molar-refractivity contribution < 1.29 is 9.53 Å². The second-order valence-corrected chi connectivity index (χ2v) is 5.60. The van der Waals surface area contributed by atoms with Gasteiger partial charge in [0.15, 0.2) is 0 Å². The molecule has 0 spiro atoms. The summed E-state index contributed by atoms with van der Waals surface area (Å²) in [6.45, 7) is 4.45. The first kappa shape index (κ1) is 14.8. The molecule has 2 fully saturated rings.